The van der Waals surface area contributed by atoms with Gasteiger partial charge in [0.25, 0.3) is 0 Å². The summed E-state index contributed by atoms with van der Waals surface area (Å²) in [5.41, 5.74) is 1.80. The Bertz CT molecular complexity index is 889. The van der Waals surface area contributed by atoms with Crippen LogP contribution in [0, 0.1) is 18.6 Å². The van der Waals surface area contributed by atoms with Crippen LogP contribution in [-0.4, -0.2) is 46.2 Å². The lowest BCUT2D eigenvalue weighted by Crippen LogP contribution is -2.43. The van der Waals surface area contributed by atoms with Gasteiger partial charge in [-0.1, -0.05) is 29.8 Å². The molecule has 3 rings (SSSR count). The molecular weight excluding hydrogens is 410 g/mol. The van der Waals surface area contributed by atoms with Gasteiger partial charge in [-0.15, -0.1) is 12.4 Å². The molecular formula is C19H23ClF2N2O3S. The highest BCUT2D eigenvalue weighted by molar-refractivity contribution is 7.89. The summed E-state index contributed by atoms with van der Waals surface area (Å²) in [6, 6.07) is 9.24. The van der Waals surface area contributed by atoms with E-state index >= 15 is 0 Å². The lowest BCUT2D eigenvalue weighted by molar-refractivity contribution is 0.0345. The molecule has 1 aliphatic rings. The number of nitrogens with one attached hydrogen (secondary N) is 1. The predicted molar refractivity (Wildman–Crippen MR) is 105 cm³/mol. The van der Waals surface area contributed by atoms with Crippen molar-refractivity contribution in [2.75, 3.05) is 32.8 Å². The number of hydrogen-bond donors (Lipinski definition) is 1. The Labute approximate surface area is 170 Å². The standard InChI is InChI=1S/C19H22F2N2O3S.ClH/c1-14-2-4-15(5-3-14)18(13-23-8-10-26-11-9-23)22-27(24,25)19-12-16(20)6-7-17(19)21;/h2-7,12,18,22H,8-11,13H2,1H3;1H. The summed E-state index contributed by atoms with van der Waals surface area (Å²) in [7, 11) is -4.24. The lowest BCUT2D eigenvalue weighted by Gasteiger charge is -2.31. The first-order valence-electron chi connectivity index (χ1n) is 8.69. The van der Waals surface area contributed by atoms with E-state index in [2.05, 4.69) is 9.62 Å². The molecule has 2 aromatic carbocycles. The first kappa shape index (κ1) is 22.7. The Balaban J connectivity index is 0.00000280. The number of ether oxygens (including phenoxy) is 1. The highest BCUT2D eigenvalue weighted by atomic mass is 35.5. The lowest BCUT2D eigenvalue weighted by atomic mass is 10.1. The molecule has 0 aliphatic carbocycles. The van der Waals surface area contributed by atoms with Gasteiger partial charge in [-0.25, -0.2) is 21.9 Å². The summed E-state index contributed by atoms with van der Waals surface area (Å²) in [6.07, 6.45) is 0. The van der Waals surface area contributed by atoms with Crippen molar-refractivity contribution in [3.8, 4) is 0 Å². The molecule has 154 valence electrons. The number of hydrogen-bond acceptors (Lipinski definition) is 4. The van der Waals surface area contributed by atoms with E-state index in [1.165, 1.54) is 0 Å². The van der Waals surface area contributed by atoms with Crippen LogP contribution < -0.4 is 4.72 Å². The summed E-state index contributed by atoms with van der Waals surface area (Å²) >= 11 is 0. The van der Waals surface area contributed by atoms with Crippen molar-refractivity contribution in [1.82, 2.24) is 9.62 Å². The van der Waals surface area contributed by atoms with Crippen molar-refractivity contribution in [1.29, 1.82) is 0 Å². The second-order valence-corrected chi connectivity index (χ2v) is 8.25. The maximum Gasteiger partial charge on any atom is 0.244 e. The van der Waals surface area contributed by atoms with Gasteiger partial charge in [-0.05, 0) is 30.7 Å². The molecule has 1 unspecified atom stereocenters. The van der Waals surface area contributed by atoms with Crippen LogP contribution >= 0.6 is 12.4 Å². The normalized spacial score (nSPS) is 16.4. The third kappa shape index (κ3) is 5.71. The summed E-state index contributed by atoms with van der Waals surface area (Å²) in [6.45, 7) is 4.85. The van der Waals surface area contributed by atoms with Crippen LogP contribution in [0.2, 0.25) is 0 Å². The molecule has 1 aliphatic heterocycles. The summed E-state index contributed by atoms with van der Waals surface area (Å²) in [5.74, 6) is -1.80. The summed E-state index contributed by atoms with van der Waals surface area (Å²) < 4.78 is 60.8. The fourth-order valence-corrected chi connectivity index (χ4v) is 4.29. The second-order valence-electron chi connectivity index (χ2n) is 6.57. The molecule has 1 heterocycles. The zero-order valence-corrected chi connectivity index (χ0v) is 17.0. The molecule has 0 radical (unpaired) electrons. The van der Waals surface area contributed by atoms with E-state index in [-0.39, 0.29) is 12.4 Å². The average molecular weight is 433 g/mol. The molecule has 0 amide bonds. The number of nitrogens with zero attached hydrogens (tertiary/aromatic N) is 1. The molecule has 1 atom stereocenters. The Morgan fingerprint density at radius 3 is 2.39 bits per heavy atom. The van der Waals surface area contributed by atoms with Gasteiger partial charge >= 0.3 is 0 Å². The fourth-order valence-electron chi connectivity index (χ4n) is 2.99. The van der Waals surface area contributed by atoms with Gasteiger partial charge in [0.15, 0.2) is 0 Å². The number of aryl methyl sites for hydroxylation is 1. The van der Waals surface area contributed by atoms with Crippen LogP contribution in [0.3, 0.4) is 0 Å². The van der Waals surface area contributed by atoms with E-state index in [4.69, 9.17) is 4.74 Å². The molecule has 28 heavy (non-hydrogen) atoms. The molecule has 0 saturated carbocycles. The van der Waals surface area contributed by atoms with Crippen LogP contribution in [0.1, 0.15) is 17.2 Å². The number of benzene rings is 2. The van der Waals surface area contributed by atoms with Crippen LogP contribution in [0.5, 0.6) is 0 Å². The molecule has 9 heteroatoms. The number of morpholine rings is 1. The minimum atomic E-state index is -4.24. The van der Waals surface area contributed by atoms with Crippen LogP contribution in [0.25, 0.3) is 0 Å². The summed E-state index contributed by atoms with van der Waals surface area (Å²) in [4.78, 5) is 1.39. The number of halogens is 3. The van der Waals surface area contributed by atoms with Crippen molar-refractivity contribution in [3.05, 3.63) is 65.2 Å². The van der Waals surface area contributed by atoms with Crippen molar-refractivity contribution < 1.29 is 21.9 Å². The Hall–Kier alpha value is -1.58. The minimum absolute atomic E-state index is 0. The smallest absolute Gasteiger partial charge is 0.244 e. The van der Waals surface area contributed by atoms with Crippen molar-refractivity contribution in [2.45, 2.75) is 17.9 Å². The monoisotopic (exact) mass is 432 g/mol. The van der Waals surface area contributed by atoms with Gasteiger partial charge in [0.05, 0.1) is 19.3 Å². The maximum absolute atomic E-state index is 14.0. The van der Waals surface area contributed by atoms with Crippen LogP contribution in [0.4, 0.5) is 8.78 Å². The van der Waals surface area contributed by atoms with Crippen molar-refractivity contribution in [2.24, 2.45) is 0 Å². The fraction of sp³-hybridized carbons (Fsp3) is 0.368. The molecule has 0 spiro atoms. The third-order valence-corrected chi connectivity index (χ3v) is 5.99. The molecule has 1 N–H and O–H groups in total. The zero-order chi connectivity index (χ0) is 19.4. The van der Waals surface area contributed by atoms with Gasteiger partial charge < -0.3 is 4.74 Å². The van der Waals surface area contributed by atoms with Crippen LogP contribution in [0.15, 0.2) is 47.4 Å². The quantitative estimate of drug-likeness (QED) is 0.762. The van der Waals surface area contributed by atoms with E-state index in [0.717, 1.165) is 23.3 Å². The van der Waals surface area contributed by atoms with Gasteiger partial charge in [0.1, 0.15) is 16.5 Å². The van der Waals surface area contributed by atoms with Gasteiger partial charge in [-0.3, -0.25) is 4.90 Å². The maximum atomic E-state index is 14.0. The molecule has 0 aromatic heterocycles. The van der Waals surface area contributed by atoms with Gasteiger partial charge in [0.2, 0.25) is 10.0 Å². The largest absolute Gasteiger partial charge is 0.379 e. The van der Waals surface area contributed by atoms with E-state index < -0.39 is 32.6 Å². The van der Waals surface area contributed by atoms with E-state index in [1.54, 1.807) is 0 Å². The predicted octanol–water partition coefficient (Wildman–Crippen LogP) is 3.05. The van der Waals surface area contributed by atoms with Crippen LogP contribution in [-0.2, 0) is 14.8 Å². The molecule has 1 fully saturated rings. The topological polar surface area (TPSA) is 58.6 Å². The molecule has 2 aromatic rings. The van der Waals surface area contributed by atoms with Crippen molar-refractivity contribution in [3.63, 3.8) is 0 Å². The Morgan fingerprint density at radius 1 is 1.11 bits per heavy atom. The first-order chi connectivity index (χ1) is 12.8. The van der Waals surface area contributed by atoms with E-state index in [9.17, 15) is 17.2 Å². The highest BCUT2D eigenvalue weighted by Crippen LogP contribution is 2.22. The van der Waals surface area contributed by atoms with E-state index in [0.29, 0.717) is 38.9 Å². The highest BCUT2D eigenvalue weighted by Gasteiger charge is 2.27. The SMILES string of the molecule is Cc1ccc(C(CN2CCOCC2)NS(=O)(=O)c2cc(F)ccc2F)cc1.Cl. The Morgan fingerprint density at radius 2 is 1.75 bits per heavy atom. The summed E-state index contributed by atoms with van der Waals surface area (Å²) in [5, 5.41) is 0. The number of sulfonamides is 1. The number of rotatable bonds is 6. The minimum Gasteiger partial charge on any atom is -0.379 e. The second kappa shape index (κ2) is 9.76. The Kier molecular flexibility index (Phi) is 7.91. The van der Waals surface area contributed by atoms with Crippen molar-refractivity contribution >= 4 is 22.4 Å². The van der Waals surface area contributed by atoms with Gasteiger partial charge in [-0.2, -0.15) is 0 Å². The third-order valence-electron chi connectivity index (χ3n) is 4.50. The molecule has 1 saturated heterocycles. The first-order valence-corrected chi connectivity index (χ1v) is 10.2. The molecule has 0 bridgehead atoms. The average Bonchev–Trinajstić information content (AvgIpc) is 2.64. The zero-order valence-electron chi connectivity index (χ0n) is 15.4. The van der Waals surface area contributed by atoms with E-state index in [1.807, 2.05) is 31.2 Å². The van der Waals surface area contributed by atoms with Gasteiger partial charge in [0, 0.05) is 19.6 Å². The molecule has 5 nitrogen and oxygen atoms in total.